The van der Waals surface area contributed by atoms with Crippen molar-refractivity contribution in [3.63, 3.8) is 0 Å². The SMILES string of the molecule is COC[C@@H](NC(=O)N[C@H](C(=O)N1C[C@H]2[C@@H]([C@H]1C(=O)NC(CC1CC1)C(=O)C(C)=O)C2(Cl)Cl)C(C)(C)C)C(C)(C)C. The van der Waals surface area contributed by atoms with Crippen molar-refractivity contribution in [2.24, 2.45) is 28.6 Å². The predicted molar refractivity (Wildman–Crippen MR) is 152 cm³/mol. The Hall–Kier alpha value is -1.91. The number of ketones is 2. The lowest BCUT2D eigenvalue weighted by atomic mass is 9.85. The van der Waals surface area contributed by atoms with Crippen LogP contribution in [0, 0.1) is 28.6 Å². The molecule has 12 heteroatoms. The molecule has 6 atom stereocenters. The zero-order valence-corrected chi connectivity index (χ0v) is 26.2. The number of methoxy groups -OCH3 is 1. The van der Waals surface area contributed by atoms with Gasteiger partial charge in [0.25, 0.3) is 0 Å². The molecule has 0 radical (unpaired) electrons. The zero-order chi connectivity index (χ0) is 30.4. The van der Waals surface area contributed by atoms with E-state index in [9.17, 15) is 24.0 Å². The van der Waals surface area contributed by atoms with E-state index in [-0.39, 0.29) is 36.4 Å². The third-order valence-electron chi connectivity index (χ3n) is 8.20. The molecule has 0 aromatic rings. The number of nitrogens with one attached hydrogen (secondary N) is 3. The fourth-order valence-electron chi connectivity index (χ4n) is 5.37. The monoisotopic (exact) mass is 602 g/mol. The first kappa shape index (κ1) is 32.6. The minimum absolute atomic E-state index is 0.132. The first-order chi connectivity index (χ1) is 18.3. The van der Waals surface area contributed by atoms with Crippen LogP contribution in [0.15, 0.2) is 0 Å². The fraction of sp³-hybridized carbons (Fsp3) is 0.821. The molecule has 3 aliphatic rings. The van der Waals surface area contributed by atoms with Gasteiger partial charge in [0, 0.05) is 32.4 Å². The molecule has 0 aromatic heterocycles. The number of alkyl halides is 2. The summed E-state index contributed by atoms with van der Waals surface area (Å²) < 4.78 is 4.08. The second-order valence-electron chi connectivity index (χ2n) is 13.7. The fourth-order valence-corrected chi connectivity index (χ4v) is 6.20. The van der Waals surface area contributed by atoms with E-state index in [1.54, 1.807) is 7.11 Å². The Morgan fingerprint density at radius 2 is 1.57 bits per heavy atom. The highest BCUT2D eigenvalue weighted by molar-refractivity contribution is 6.51. The van der Waals surface area contributed by atoms with Crippen LogP contribution in [0.3, 0.4) is 0 Å². The van der Waals surface area contributed by atoms with Crippen LogP contribution >= 0.6 is 23.2 Å². The molecule has 2 saturated carbocycles. The van der Waals surface area contributed by atoms with Gasteiger partial charge in [0.15, 0.2) is 5.78 Å². The van der Waals surface area contributed by atoms with Crippen LogP contribution in [-0.4, -0.2) is 83.1 Å². The van der Waals surface area contributed by atoms with Gasteiger partial charge < -0.3 is 25.6 Å². The number of hydrogen-bond donors (Lipinski definition) is 3. The summed E-state index contributed by atoms with van der Waals surface area (Å²) >= 11 is 13.0. The maximum absolute atomic E-state index is 14.0. The van der Waals surface area contributed by atoms with Crippen molar-refractivity contribution in [3.05, 3.63) is 0 Å². The van der Waals surface area contributed by atoms with E-state index in [0.29, 0.717) is 6.42 Å². The number of nitrogens with zero attached hydrogens (tertiary/aromatic N) is 1. The quantitative estimate of drug-likeness (QED) is 0.246. The van der Waals surface area contributed by atoms with Gasteiger partial charge in [-0.1, -0.05) is 54.4 Å². The molecule has 0 aromatic carbocycles. The third kappa shape index (κ3) is 7.29. The molecular weight excluding hydrogens is 559 g/mol. The number of urea groups is 1. The molecule has 3 rings (SSSR count). The molecule has 10 nitrogen and oxygen atoms in total. The van der Waals surface area contributed by atoms with Gasteiger partial charge in [-0.15, -0.1) is 23.2 Å². The molecular formula is C28H44Cl2N4O6. The van der Waals surface area contributed by atoms with Crippen molar-refractivity contribution < 1.29 is 28.7 Å². The average Bonchev–Trinajstić information content (AvgIpc) is 3.67. The summed E-state index contributed by atoms with van der Waals surface area (Å²) in [6, 6.07) is -3.84. The lowest BCUT2D eigenvalue weighted by molar-refractivity contribution is -0.144. The van der Waals surface area contributed by atoms with Crippen LogP contribution in [-0.2, 0) is 23.9 Å². The molecule has 1 saturated heterocycles. The second kappa shape index (κ2) is 11.8. The molecule has 3 fully saturated rings. The zero-order valence-electron chi connectivity index (χ0n) is 24.7. The van der Waals surface area contributed by atoms with Crippen molar-refractivity contribution in [1.82, 2.24) is 20.9 Å². The van der Waals surface area contributed by atoms with Gasteiger partial charge in [0.2, 0.25) is 17.6 Å². The van der Waals surface area contributed by atoms with E-state index in [2.05, 4.69) is 16.0 Å². The Morgan fingerprint density at radius 1 is 0.975 bits per heavy atom. The van der Waals surface area contributed by atoms with Crippen LogP contribution < -0.4 is 16.0 Å². The molecule has 1 unspecified atom stereocenters. The minimum atomic E-state index is -1.18. The highest BCUT2D eigenvalue weighted by Gasteiger charge is 2.74. The van der Waals surface area contributed by atoms with E-state index in [1.807, 2.05) is 41.5 Å². The van der Waals surface area contributed by atoms with Crippen molar-refractivity contribution in [2.75, 3.05) is 20.3 Å². The minimum Gasteiger partial charge on any atom is -0.383 e. The summed E-state index contributed by atoms with van der Waals surface area (Å²) in [5, 5.41) is 8.46. The molecule has 0 bridgehead atoms. The van der Waals surface area contributed by atoms with Crippen LogP contribution in [0.1, 0.15) is 67.7 Å². The lowest BCUT2D eigenvalue weighted by Crippen LogP contribution is -2.62. The largest absolute Gasteiger partial charge is 0.383 e. The van der Waals surface area contributed by atoms with E-state index in [1.165, 1.54) is 11.8 Å². The highest BCUT2D eigenvalue weighted by atomic mass is 35.5. The molecule has 40 heavy (non-hydrogen) atoms. The van der Waals surface area contributed by atoms with E-state index >= 15 is 0 Å². The van der Waals surface area contributed by atoms with Gasteiger partial charge in [-0.2, -0.15) is 0 Å². The van der Waals surface area contributed by atoms with Gasteiger partial charge in [-0.3, -0.25) is 19.2 Å². The normalized spacial score (nSPS) is 25.8. The number of amides is 4. The number of fused-ring (bicyclic) bond motifs is 1. The molecule has 1 heterocycles. The number of halogens is 2. The third-order valence-corrected chi connectivity index (χ3v) is 9.27. The molecule has 3 N–H and O–H groups in total. The van der Waals surface area contributed by atoms with Gasteiger partial charge in [0.05, 0.1) is 18.7 Å². The second-order valence-corrected chi connectivity index (χ2v) is 15.1. The van der Waals surface area contributed by atoms with E-state index in [4.69, 9.17) is 27.9 Å². The van der Waals surface area contributed by atoms with Gasteiger partial charge in [-0.05, 0) is 23.2 Å². The molecule has 226 valence electrons. The lowest BCUT2D eigenvalue weighted by Gasteiger charge is -2.38. The predicted octanol–water partition coefficient (Wildman–Crippen LogP) is 2.84. The average molecular weight is 604 g/mol. The molecule has 4 amide bonds. The van der Waals surface area contributed by atoms with Crippen LogP contribution in [0.2, 0.25) is 0 Å². The summed E-state index contributed by atoms with van der Waals surface area (Å²) in [5.74, 6) is -2.92. The first-order valence-electron chi connectivity index (χ1n) is 13.9. The smallest absolute Gasteiger partial charge is 0.315 e. The van der Waals surface area contributed by atoms with Gasteiger partial charge >= 0.3 is 6.03 Å². The summed E-state index contributed by atoms with van der Waals surface area (Å²) in [5.41, 5.74) is -1.01. The topological polar surface area (TPSA) is 134 Å². The van der Waals surface area contributed by atoms with E-state index < -0.39 is 63.2 Å². The highest BCUT2D eigenvalue weighted by Crippen LogP contribution is 2.65. The Balaban J connectivity index is 1.82. The van der Waals surface area contributed by atoms with Crippen molar-refractivity contribution in [2.45, 2.75) is 96.2 Å². The van der Waals surface area contributed by atoms with Crippen LogP contribution in [0.4, 0.5) is 4.79 Å². The summed E-state index contributed by atoms with van der Waals surface area (Å²) in [7, 11) is 1.55. The molecule has 1 aliphatic heterocycles. The number of hydrogen-bond acceptors (Lipinski definition) is 6. The molecule has 0 spiro atoms. The summed E-state index contributed by atoms with van der Waals surface area (Å²) in [4.78, 5) is 66.6. The maximum Gasteiger partial charge on any atom is 0.315 e. The summed E-state index contributed by atoms with van der Waals surface area (Å²) in [6.45, 7) is 13.0. The van der Waals surface area contributed by atoms with Crippen molar-refractivity contribution >= 4 is 52.6 Å². The Kier molecular flexibility index (Phi) is 9.59. The number of carbonyl (C=O) groups is 5. The summed E-state index contributed by atoms with van der Waals surface area (Å²) in [6.07, 6.45) is 2.24. The number of rotatable bonds is 11. The van der Waals surface area contributed by atoms with Gasteiger partial charge in [-0.25, -0.2) is 4.79 Å². The maximum atomic E-state index is 14.0. The molecule has 2 aliphatic carbocycles. The number of carbonyl (C=O) groups excluding carboxylic acids is 5. The van der Waals surface area contributed by atoms with Crippen molar-refractivity contribution in [1.29, 1.82) is 0 Å². The van der Waals surface area contributed by atoms with Crippen molar-refractivity contribution in [3.8, 4) is 0 Å². The van der Waals surface area contributed by atoms with Gasteiger partial charge in [0.1, 0.15) is 16.4 Å². The Bertz CT molecular complexity index is 1030. The van der Waals surface area contributed by atoms with E-state index in [0.717, 1.165) is 12.8 Å². The number of piperidine rings is 1. The van der Waals surface area contributed by atoms with Crippen LogP contribution in [0.5, 0.6) is 0 Å². The Labute approximate surface area is 247 Å². The standard InChI is InChI=1S/C28H44Cl2N4O6/c1-14(35)21(36)17(11-15-9-10-15)31-23(37)20-19-16(28(19,29)30)12-34(20)24(38)22(27(5,6)7)33-25(39)32-18(13-40-8)26(2,3)4/h15-20,22H,9-13H2,1-8H3,(H,31,37)(H2,32,33,39)/t16-,17?,18+,19-,20-,22+/m0/s1. The number of ether oxygens (including phenoxy) is 1. The number of likely N-dealkylation sites (tertiary alicyclic amines) is 1. The first-order valence-corrected chi connectivity index (χ1v) is 14.7. The van der Waals surface area contributed by atoms with Crippen LogP contribution in [0.25, 0.3) is 0 Å². The Morgan fingerprint density at radius 3 is 2.05 bits per heavy atom. The number of Topliss-reactive ketones (excluding diaryl/α,β-unsaturated/α-hetero) is 2.